The molecule has 0 saturated carbocycles. The molecule has 0 aliphatic heterocycles. The van der Waals surface area contributed by atoms with E-state index in [0.29, 0.717) is 18.0 Å². The highest BCUT2D eigenvalue weighted by Gasteiger charge is 2.17. The van der Waals surface area contributed by atoms with E-state index in [1.807, 2.05) is 31.2 Å². The van der Waals surface area contributed by atoms with Crippen molar-refractivity contribution in [2.75, 3.05) is 31.0 Å². The predicted octanol–water partition coefficient (Wildman–Crippen LogP) is 2.10. The molecule has 0 bridgehead atoms. The van der Waals surface area contributed by atoms with E-state index in [9.17, 15) is 8.42 Å². The summed E-state index contributed by atoms with van der Waals surface area (Å²) in [6, 6.07) is 7.30. The molecule has 1 rings (SSSR count). The Kier molecular flexibility index (Phi) is 8.10. The largest absolute Gasteiger partial charge is 0.398 e. The fourth-order valence-corrected chi connectivity index (χ4v) is 4.56. The monoisotopic (exact) mass is 332 g/mol. The van der Waals surface area contributed by atoms with E-state index in [-0.39, 0.29) is 11.8 Å². The lowest BCUT2D eigenvalue weighted by Crippen LogP contribution is -2.39. The van der Waals surface area contributed by atoms with Gasteiger partial charge in [-0.1, -0.05) is 25.5 Å². The highest BCUT2D eigenvalue weighted by molar-refractivity contribution is 8.00. The van der Waals surface area contributed by atoms with Crippen LogP contribution >= 0.6 is 11.8 Å². The average Bonchev–Trinajstić information content (AvgIpc) is 2.41. The van der Waals surface area contributed by atoms with Gasteiger partial charge in [-0.15, -0.1) is 11.8 Å². The number of anilines is 1. The summed E-state index contributed by atoms with van der Waals surface area (Å²) < 4.78 is 31.9. The molecule has 0 heterocycles. The number of sulfonamides is 1. The number of thioether (sulfide) groups is 1. The number of para-hydroxylation sites is 1. The van der Waals surface area contributed by atoms with Crippen LogP contribution < -0.4 is 10.5 Å². The van der Waals surface area contributed by atoms with Crippen molar-refractivity contribution in [2.24, 2.45) is 0 Å². The van der Waals surface area contributed by atoms with Crippen LogP contribution in [0, 0.1) is 0 Å². The third-order valence-electron chi connectivity index (χ3n) is 2.88. The molecule has 0 radical (unpaired) electrons. The van der Waals surface area contributed by atoms with Crippen molar-refractivity contribution in [3.8, 4) is 0 Å². The molecule has 0 aliphatic rings. The van der Waals surface area contributed by atoms with Crippen molar-refractivity contribution in [1.29, 1.82) is 0 Å². The Morgan fingerprint density at radius 1 is 1.38 bits per heavy atom. The minimum absolute atomic E-state index is 0.0654. The maximum atomic E-state index is 12.1. The van der Waals surface area contributed by atoms with Gasteiger partial charge in [-0.2, -0.15) is 0 Å². The lowest BCUT2D eigenvalue weighted by molar-refractivity contribution is 0.171. The van der Waals surface area contributed by atoms with E-state index in [1.54, 1.807) is 7.11 Å². The van der Waals surface area contributed by atoms with Crippen LogP contribution in [0.25, 0.3) is 0 Å². The SMILES string of the molecule is CCCC(COC)NS(=O)(=O)CCSc1ccccc1N. The van der Waals surface area contributed by atoms with Crippen LogP contribution in [0.3, 0.4) is 0 Å². The lowest BCUT2D eigenvalue weighted by atomic mass is 10.2. The summed E-state index contributed by atoms with van der Waals surface area (Å²) in [4.78, 5) is 0.912. The Morgan fingerprint density at radius 2 is 2.10 bits per heavy atom. The number of nitrogens with one attached hydrogen (secondary N) is 1. The van der Waals surface area contributed by atoms with Gasteiger partial charge < -0.3 is 10.5 Å². The molecule has 21 heavy (non-hydrogen) atoms. The van der Waals surface area contributed by atoms with Crippen LogP contribution in [0.5, 0.6) is 0 Å². The zero-order chi connectivity index (χ0) is 15.7. The number of rotatable bonds is 10. The molecule has 5 nitrogen and oxygen atoms in total. The molecule has 3 N–H and O–H groups in total. The van der Waals surface area contributed by atoms with E-state index < -0.39 is 10.0 Å². The number of hydrogen-bond acceptors (Lipinski definition) is 5. The van der Waals surface area contributed by atoms with Crippen molar-refractivity contribution >= 4 is 27.5 Å². The van der Waals surface area contributed by atoms with Crippen LogP contribution in [-0.4, -0.2) is 39.7 Å². The predicted molar refractivity (Wildman–Crippen MR) is 89.1 cm³/mol. The van der Waals surface area contributed by atoms with Crippen LogP contribution in [0.2, 0.25) is 0 Å². The molecule has 1 aromatic rings. The highest BCUT2D eigenvalue weighted by Crippen LogP contribution is 2.24. The maximum Gasteiger partial charge on any atom is 0.212 e. The molecule has 0 fully saturated rings. The van der Waals surface area contributed by atoms with Crippen LogP contribution in [0.15, 0.2) is 29.2 Å². The normalized spacial score (nSPS) is 13.2. The molecule has 1 atom stereocenters. The van der Waals surface area contributed by atoms with Gasteiger partial charge in [0.25, 0.3) is 0 Å². The summed E-state index contributed by atoms with van der Waals surface area (Å²) in [6.45, 7) is 2.41. The number of benzene rings is 1. The third-order valence-corrected chi connectivity index (χ3v) is 5.66. The van der Waals surface area contributed by atoms with Gasteiger partial charge in [0.15, 0.2) is 0 Å². The van der Waals surface area contributed by atoms with Gasteiger partial charge in [0, 0.05) is 29.5 Å². The molecule has 0 aliphatic carbocycles. The lowest BCUT2D eigenvalue weighted by Gasteiger charge is -2.17. The Bertz CT molecular complexity index is 515. The second-order valence-corrected chi connectivity index (χ2v) is 7.77. The van der Waals surface area contributed by atoms with Crippen LogP contribution in [-0.2, 0) is 14.8 Å². The zero-order valence-electron chi connectivity index (χ0n) is 12.5. The van der Waals surface area contributed by atoms with Crippen LogP contribution in [0.4, 0.5) is 5.69 Å². The fraction of sp³-hybridized carbons (Fsp3) is 0.571. The van der Waals surface area contributed by atoms with E-state index in [4.69, 9.17) is 10.5 Å². The first-order valence-corrected chi connectivity index (χ1v) is 9.58. The molecule has 0 saturated heterocycles. The summed E-state index contributed by atoms with van der Waals surface area (Å²) in [5, 5.41) is 0. The van der Waals surface area contributed by atoms with E-state index in [2.05, 4.69) is 4.72 Å². The van der Waals surface area contributed by atoms with Crippen molar-refractivity contribution < 1.29 is 13.2 Å². The molecular formula is C14H24N2O3S2. The second-order valence-electron chi connectivity index (χ2n) is 4.76. The van der Waals surface area contributed by atoms with Gasteiger partial charge in [-0.3, -0.25) is 0 Å². The van der Waals surface area contributed by atoms with Gasteiger partial charge in [0.1, 0.15) is 0 Å². The zero-order valence-corrected chi connectivity index (χ0v) is 14.2. The molecule has 0 aromatic heterocycles. The number of nitrogens with two attached hydrogens (primary N) is 1. The Labute approximate surface area is 131 Å². The second kappa shape index (κ2) is 9.30. The van der Waals surface area contributed by atoms with Gasteiger partial charge in [0.2, 0.25) is 10.0 Å². The summed E-state index contributed by atoms with van der Waals surface area (Å²) in [6.07, 6.45) is 1.68. The maximum absolute atomic E-state index is 12.1. The van der Waals surface area contributed by atoms with E-state index >= 15 is 0 Å². The molecule has 0 amide bonds. The number of hydrogen-bond donors (Lipinski definition) is 2. The van der Waals surface area contributed by atoms with Crippen molar-refractivity contribution in [1.82, 2.24) is 4.72 Å². The molecule has 7 heteroatoms. The minimum atomic E-state index is -3.30. The average molecular weight is 332 g/mol. The first-order valence-electron chi connectivity index (χ1n) is 6.94. The summed E-state index contributed by atoms with van der Waals surface area (Å²) in [5.41, 5.74) is 6.50. The standard InChI is InChI=1S/C14H24N2O3S2/c1-3-6-12(11-19-2)16-21(17,18)10-9-20-14-8-5-4-7-13(14)15/h4-5,7-8,12,16H,3,6,9-11,15H2,1-2H3. The van der Waals surface area contributed by atoms with E-state index in [1.165, 1.54) is 11.8 Å². The molecule has 120 valence electrons. The molecule has 1 aromatic carbocycles. The van der Waals surface area contributed by atoms with E-state index in [0.717, 1.165) is 17.7 Å². The number of nitrogen functional groups attached to an aromatic ring is 1. The van der Waals surface area contributed by atoms with Gasteiger partial charge in [0.05, 0.1) is 12.4 Å². The smallest absolute Gasteiger partial charge is 0.212 e. The molecule has 0 spiro atoms. The first-order chi connectivity index (χ1) is 9.98. The highest BCUT2D eigenvalue weighted by atomic mass is 32.2. The minimum Gasteiger partial charge on any atom is -0.398 e. The van der Waals surface area contributed by atoms with Crippen molar-refractivity contribution in [3.05, 3.63) is 24.3 Å². The number of methoxy groups -OCH3 is 1. The van der Waals surface area contributed by atoms with Gasteiger partial charge >= 0.3 is 0 Å². The van der Waals surface area contributed by atoms with Crippen molar-refractivity contribution in [2.45, 2.75) is 30.7 Å². The molecular weight excluding hydrogens is 308 g/mol. The summed E-state index contributed by atoms with van der Waals surface area (Å²) in [7, 11) is -1.73. The van der Waals surface area contributed by atoms with Gasteiger partial charge in [-0.25, -0.2) is 13.1 Å². The Balaban J connectivity index is 2.47. The summed E-state index contributed by atoms with van der Waals surface area (Å²) in [5.74, 6) is 0.533. The third kappa shape index (κ3) is 7.17. The fourth-order valence-electron chi connectivity index (χ4n) is 1.91. The first kappa shape index (κ1) is 18.3. The Hall–Kier alpha value is -0.760. The van der Waals surface area contributed by atoms with Crippen LogP contribution in [0.1, 0.15) is 19.8 Å². The number of ether oxygens (including phenoxy) is 1. The van der Waals surface area contributed by atoms with Crippen molar-refractivity contribution in [3.63, 3.8) is 0 Å². The molecule has 1 unspecified atom stereocenters. The quantitative estimate of drug-likeness (QED) is 0.506. The summed E-state index contributed by atoms with van der Waals surface area (Å²) >= 11 is 1.45. The Morgan fingerprint density at radius 3 is 2.71 bits per heavy atom. The topological polar surface area (TPSA) is 81.4 Å². The van der Waals surface area contributed by atoms with Gasteiger partial charge in [-0.05, 0) is 18.6 Å².